The van der Waals surface area contributed by atoms with E-state index in [4.69, 9.17) is 11.6 Å². The van der Waals surface area contributed by atoms with Crippen molar-refractivity contribution in [3.05, 3.63) is 29.1 Å². The Balaban J connectivity index is 2.41. The zero-order valence-electron chi connectivity index (χ0n) is 7.33. The molecular formula is C9H12N4. The van der Waals surface area contributed by atoms with Gasteiger partial charge in [-0.05, 0) is 30.9 Å². The van der Waals surface area contributed by atoms with Gasteiger partial charge in [0, 0.05) is 5.69 Å². The summed E-state index contributed by atoms with van der Waals surface area (Å²) in [7, 11) is 0. The van der Waals surface area contributed by atoms with Crippen LogP contribution in [0.2, 0.25) is 0 Å². The third-order valence-electron chi connectivity index (χ3n) is 2.33. The molecule has 2 rings (SSSR count). The number of nitrogens with two attached hydrogens (primary N) is 2. The average molecular weight is 176 g/mol. The SMILES string of the molecule is N/N=C(/N)c1ccc2c(n1)CCC2. The van der Waals surface area contributed by atoms with Crippen LogP contribution in [0.3, 0.4) is 0 Å². The molecule has 0 unspecified atom stereocenters. The molecule has 1 aromatic rings. The van der Waals surface area contributed by atoms with Gasteiger partial charge in [-0.15, -0.1) is 0 Å². The van der Waals surface area contributed by atoms with Crippen LogP contribution in [-0.4, -0.2) is 10.8 Å². The van der Waals surface area contributed by atoms with E-state index in [0.29, 0.717) is 11.5 Å². The van der Waals surface area contributed by atoms with Gasteiger partial charge in [0.05, 0.1) is 0 Å². The van der Waals surface area contributed by atoms with Gasteiger partial charge >= 0.3 is 0 Å². The Kier molecular flexibility index (Phi) is 1.88. The molecule has 1 heterocycles. The van der Waals surface area contributed by atoms with E-state index in [1.54, 1.807) is 0 Å². The van der Waals surface area contributed by atoms with E-state index in [0.717, 1.165) is 18.5 Å². The highest BCUT2D eigenvalue weighted by molar-refractivity contribution is 5.95. The van der Waals surface area contributed by atoms with Crippen LogP contribution in [0.5, 0.6) is 0 Å². The van der Waals surface area contributed by atoms with Crippen LogP contribution in [0.25, 0.3) is 0 Å². The van der Waals surface area contributed by atoms with E-state index in [1.807, 2.05) is 6.07 Å². The minimum atomic E-state index is 0.301. The van der Waals surface area contributed by atoms with E-state index in [9.17, 15) is 0 Å². The largest absolute Gasteiger partial charge is 0.380 e. The molecule has 4 heteroatoms. The number of hydrogen-bond acceptors (Lipinski definition) is 3. The third-order valence-corrected chi connectivity index (χ3v) is 2.33. The van der Waals surface area contributed by atoms with Crippen molar-refractivity contribution in [3.8, 4) is 0 Å². The summed E-state index contributed by atoms with van der Waals surface area (Å²) in [6.07, 6.45) is 3.36. The predicted octanol–water partition coefficient (Wildman–Crippen LogP) is 0.149. The molecule has 0 amide bonds. The van der Waals surface area contributed by atoms with Crippen molar-refractivity contribution in [2.24, 2.45) is 16.7 Å². The Morgan fingerprint density at radius 1 is 1.38 bits per heavy atom. The highest BCUT2D eigenvalue weighted by Crippen LogP contribution is 2.19. The lowest BCUT2D eigenvalue weighted by atomic mass is 10.2. The molecule has 13 heavy (non-hydrogen) atoms. The van der Waals surface area contributed by atoms with Gasteiger partial charge in [0.15, 0.2) is 5.84 Å². The number of aromatic nitrogens is 1. The molecular weight excluding hydrogens is 164 g/mol. The summed E-state index contributed by atoms with van der Waals surface area (Å²) >= 11 is 0. The smallest absolute Gasteiger partial charge is 0.168 e. The van der Waals surface area contributed by atoms with E-state index in [2.05, 4.69) is 16.2 Å². The van der Waals surface area contributed by atoms with Crippen LogP contribution in [0.4, 0.5) is 0 Å². The van der Waals surface area contributed by atoms with Gasteiger partial charge in [-0.3, -0.25) is 0 Å². The van der Waals surface area contributed by atoms with Crippen LogP contribution in [0.1, 0.15) is 23.4 Å². The number of fused-ring (bicyclic) bond motifs is 1. The summed E-state index contributed by atoms with van der Waals surface area (Å²) in [5.41, 5.74) is 8.70. The second kappa shape index (κ2) is 3.05. The number of hydrazone groups is 1. The summed E-state index contributed by atoms with van der Waals surface area (Å²) in [5.74, 6) is 5.37. The number of rotatable bonds is 1. The zero-order chi connectivity index (χ0) is 9.26. The Morgan fingerprint density at radius 3 is 3.00 bits per heavy atom. The van der Waals surface area contributed by atoms with Crippen LogP contribution >= 0.6 is 0 Å². The quantitative estimate of drug-likeness (QED) is 0.277. The molecule has 1 aliphatic rings. The Bertz CT molecular complexity index is 357. The predicted molar refractivity (Wildman–Crippen MR) is 51.2 cm³/mol. The second-order valence-electron chi connectivity index (χ2n) is 3.17. The van der Waals surface area contributed by atoms with Gasteiger partial charge in [-0.1, -0.05) is 6.07 Å². The number of nitrogens with zero attached hydrogens (tertiary/aromatic N) is 2. The second-order valence-corrected chi connectivity index (χ2v) is 3.17. The number of hydrogen-bond donors (Lipinski definition) is 2. The fraction of sp³-hybridized carbons (Fsp3) is 0.333. The van der Waals surface area contributed by atoms with E-state index in [1.165, 1.54) is 12.0 Å². The van der Waals surface area contributed by atoms with Gasteiger partial charge in [-0.2, -0.15) is 5.10 Å². The minimum absolute atomic E-state index is 0.301. The van der Waals surface area contributed by atoms with E-state index >= 15 is 0 Å². The first kappa shape index (κ1) is 8.04. The molecule has 0 atom stereocenters. The first-order valence-electron chi connectivity index (χ1n) is 4.34. The average Bonchev–Trinajstić information content (AvgIpc) is 2.63. The highest BCUT2D eigenvalue weighted by atomic mass is 15.2. The Labute approximate surface area is 76.7 Å². The number of pyridine rings is 1. The van der Waals surface area contributed by atoms with E-state index < -0.39 is 0 Å². The molecule has 0 saturated heterocycles. The van der Waals surface area contributed by atoms with Crippen molar-refractivity contribution in [3.63, 3.8) is 0 Å². The molecule has 1 aromatic heterocycles. The molecule has 0 saturated carbocycles. The van der Waals surface area contributed by atoms with Gasteiger partial charge in [-0.25, -0.2) is 4.98 Å². The van der Waals surface area contributed by atoms with Crippen molar-refractivity contribution in [2.45, 2.75) is 19.3 Å². The lowest BCUT2D eigenvalue weighted by Gasteiger charge is -2.01. The van der Waals surface area contributed by atoms with Gasteiger partial charge in [0.1, 0.15) is 5.69 Å². The van der Waals surface area contributed by atoms with Gasteiger partial charge in [0.2, 0.25) is 0 Å². The minimum Gasteiger partial charge on any atom is -0.380 e. The van der Waals surface area contributed by atoms with Crippen molar-refractivity contribution >= 4 is 5.84 Å². The Hall–Kier alpha value is -1.58. The molecule has 0 radical (unpaired) electrons. The van der Waals surface area contributed by atoms with Crippen LogP contribution in [0, 0.1) is 0 Å². The summed E-state index contributed by atoms with van der Waals surface area (Å²) in [4.78, 5) is 4.39. The van der Waals surface area contributed by atoms with Crippen molar-refractivity contribution in [1.29, 1.82) is 0 Å². The zero-order valence-corrected chi connectivity index (χ0v) is 7.33. The molecule has 0 aromatic carbocycles. The summed E-state index contributed by atoms with van der Waals surface area (Å²) in [5, 5.41) is 3.42. The molecule has 68 valence electrons. The summed E-state index contributed by atoms with van der Waals surface area (Å²) in [6, 6.07) is 3.93. The fourth-order valence-corrected chi connectivity index (χ4v) is 1.63. The maximum Gasteiger partial charge on any atom is 0.168 e. The van der Waals surface area contributed by atoms with Crippen LogP contribution in [0.15, 0.2) is 17.2 Å². The first-order chi connectivity index (χ1) is 6.31. The lowest BCUT2D eigenvalue weighted by molar-refractivity contribution is 0.898. The summed E-state index contributed by atoms with van der Waals surface area (Å²) < 4.78 is 0. The topological polar surface area (TPSA) is 77.3 Å². The maximum atomic E-state index is 5.55. The van der Waals surface area contributed by atoms with Crippen molar-refractivity contribution in [2.75, 3.05) is 0 Å². The van der Waals surface area contributed by atoms with Crippen LogP contribution in [-0.2, 0) is 12.8 Å². The highest BCUT2D eigenvalue weighted by Gasteiger charge is 2.13. The lowest BCUT2D eigenvalue weighted by Crippen LogP contribution is -2.17. The molecule has 0 bridgehead atoms. The number of amidine groups is 1. The molecule has 4 N–H and O–H groups in total. The molecule has 1 aliphatic carbocycles. The van der Waals surface area contributed by atoms with E-state index in [-0.39, 0.29) is 0 Å². The first-order valence-corrected chi connectivity index (χ1v) is 4.34. The fourth-order valence-electron chi connectivity index (χ4n) is 1.63. The monoisotopic (exact) mass is 176 g/mol. The normalized spacial score (nSPS) is 15.8. The van der Waals surface area contributed by atoms with Gasteiger partial charge < -0.3 is 11.6 Å². The number of aryl methyl sites for hydroxylation is 2. The Morgan fingerprint density at radius 2 is 2.23 bits per heavy atom. The van der Waals surface area contributed by atoms with Crippen molar-refractivity contribution in [1.82, 2.24) is 4.98 Å². The molecule has 0 aliphatic heterocycles. The molecule has 0 spiro atoms. The third kappa shape index (κ3) is 1.35. The molecule has 4 nitrogen and oxygen atoms in total. The van der Waals surface area contributed by atoms with Crippen LogP contribution < -0.4 is 11.6 Å². The van der Waals surface area contributed by atoms with Gasteiger partial charge in [0.25, 0.3) is 0 Å². The standard InChI is InChI=1S/C9H12N4/c10-9(13-11)8-5-4-6-2-1-3-7(6)12-8/h4-5H,1-3,11H2,(H2,10,13). The van der Waals surface area contributed by atoms with Crippen molar-refractivity contribution < 1.29 is 0 Å². The summed E-state index contributed by atoms with van der Waals surface area (Å²) in [6.45, 7) is 0. The molecule has 0 fully saturated rings. The maximum absolute atomic E-state index is 5.55.